The SMILES string of the molecule is CC(C)(CBr)C1CC1c1ccccc1. The minimum absolute atomic E-state index is 0.445. The van der Waals surface area contributed by atoms with E-state index in [1.54, 1.807) is 0 Å². The van der Waals surface area contributed by atoms with E-state index < -0.39 is 0 Å². The molecule has 0 aliphatic heterocycles. The second-order valence-corrected chi connectivity index (χ2v) is 5.54. The molecule has 1 aliphatic rings. The first-order valence-electron chi connectivity index (χ1n) is 5.26. The van der Waals surface area contributed by atoms with Crippen LogP contribution in [0.25, 0.3) is 0 Å². The summed E-state index contributed by atoms with van der Waals surface area (Å²) in [5.41, 5.74) is 1.96. The lowest BCUT2D eigenvalue weighted by Crippen LogP contribution is -2.16. The maximum absolute atomic E-state index is 3.61. The van der Waals surface area contributed by atoms with Crippen LogP contribution in [0.15, 0.2) is 30.3 Å². The zero-order valence-corrected chi connectivity index (χ0v) is 10.4. The number of hydrogen-bond donors (Lipinski definition) is 0. The molecule has 2 unspecified atom stereocenters. The number of alkyl halides is 1. The normalized spacial score (nSPS) is 26.2. The minimum atomic E-state index is 0.445. The predicted molar refractivity (Wildman–Crippen MR) is 64.9 cm³/mol. The standard InChI is InChI=1S/C13H17Br/c1-13(2,9-14)12-8-11(12)10-6-4-3-5-7-10/h3-7,11-12H,8-9H2,1-2H3. The Kier molecular flexibility index (Phi) is 2.70. The third-order valence-corrected chi connectivity index (χ3v) is 4.81. The predicted octanol–water partition coefficient (Wildman–Crippen LogP) is 4.21. The second kappa shape index (κ2) is 3.69. The lowest BCUT2D eigenvalue weighted by molar-refractivity contribution is 0.355. The molecule has 1 aromatic carbocycles. The Morgan fingerprint density at radius 2 is 1.93 bits per heavy atom. The number of halogens is 1. The highest BCUT2D eigenvalue weighted by Crippen LogP contribution is 2.57. The Balaban J connectivity index is 2.07. The summed E-state index contributed by atoms with van der Waals surface area (Å²) in [6, 6.07) is 10.9. The molecule has 0 bridgehead atoms. The fourth-order valence-electron chi connectivity index (χ4n) is 2.23. The lowest BCUT2D eigenvalue weighted by atomic mass is 9.87. The lowest BCUT2D eigenvalue weighted by Gasteiger charge is -2.21. The first-order chi connectivity index (χ1) is 6.65. The van der Waals surface area contributed by atoms with Crippen molar-refractivity contribution in [2.45, 2.75) is 26.2 Å². The Labute approximate surface area is 94.8 Å². The first kappa shape index (κ1) is 10.2. The Hall–Kier alpha value is -0.300. The summed E-state index contributed by atoms with van der Waals surface area (Å²) < 4.78 is 0. The average Bonchev–Trinajstić information content (AvgIpc) is 2.99. The molecule has 1 aromatic rings. The van der Waals surface area contributed by atoms with E-state index in [1.165, 1.54) is 12.0 Å². The molecule has 0 heterocycles. The van der Waals surface area contributed by atoms with Gasteiger partial charge in [0.15, 0.2) is 0 Å². The summed E-state index contributed by atoms with van der Waals surface area (Å²) in [5.74, 6) is 1.67. The quantitative estimate of drug-likeness (QED) is 0.708. The summed E-state index contributed by atoms with van der Waals surface area (Å²) in [7, 11) is 0. The average molecular weight is 253 g/mol. The molecule has 76 valence electrons. The molecule has 0 aromatic heterocycles. The summed E-state index contributed by atoms with van der Waals surface area (Å²) >= 11 is 3.61. The van der Waals surface area contributed by atoms with Crippen molar-refractivity contribution in [3.8, 4) is 0 Å². The van der Waals surface area contributed by atoms with Crippen LogP contribution in [0.1, 0.15) is 31.7 Å². The van der Waals surface area contributed by atoms with E-state index in [1.807, 2.05) is 0 Å². The molecule has 2 rings (SSSR count). The smallest absolute Gasteiger partial charge is 0.00855 e. The van der Waals surface area contributed by atoms with Crippen LogP contribution in [0.2, 0.25) is 0 Å². The largest absolute Gasteiger partial charge is 0.0922 e. The number of rotatable bonds is 3. The molecule has 0 radical (unpaired) electrons. The van der Waals surface area contributed by atoms with Gasteiger partial charge >= 0.3 is 0 Å². The van der Waals surface area contributed by atoms with E-state index in [0.29, 0.717) is 5.41 Å². The maximum atomic E-state index is 3.61. The number of hydrogen-bond acceptors (Lipinski definition) is 0. The van der Waals surface area contributed by atoms with Gasteiger partial charge in [0.25, 0.3) is 0 Å². The van der Waals surface area contributed by atoms with E-state index in [2.05, 4.69) is 60.1 Å². The van der Waals surface area contributed by atoms with Gasteiger partial charge in [0.1, 0.15) is 0 Å². The zero-order valence-electron chi connectivity index (χ0n) is 8.83. The van der Waals surface area contributed by atoms with Gasteiger partial charge < -0.3 is 0 Å². The maximum Gasteiger partial charge on any atom is 0.00855 e. The molecule has 14 heavy (non-hydrogen) atoms. The minimum Gasteiger partial charge on any atom is -0.0922 e. The van der Waals surface area contributed by atoms with Gasteiger partial charge in [-0.2, -0.15) is 0 Å². The molecular weight excluding hydrogens is 236 g/mol. The summed E-state index contributed by atoms with van der Waals surface area (Å²) in [5, 5.41) is 1.11. The second-order valence-electron chi connectivity index (χ2n) is 4.98. The van der Waals surface area contributed by atoms with Crippen LogP contribution in [-0.4, -0.2) is 5.33 Å². The van der Waals surface area contributed by atoms with Crippen LogP contribution < -0.4 is 0 Å². The Morgan fingerprint density at radius 1 is 1.29 bits per heavy atom. The fraction of sp³-hybridized carbons (Fsp3) is 0.538. The van der Waals surface area contributed by atoms with Gasteiger partial charge in [0.2, 0.25) is 0 Å². The van der Waals surface area contributed by atoms with Crippen LogP contribution in [0.3, 0.4) is 0 Å². The van der Waals surface area contributed by atoms with Crippen molar-refractivity contribution < 1.29 is 0 Å². The van der Waals surface area contributed by atoms with Gasteiger partial charge in [-0.3, -0.25) is 0 Å². The first-order valence-corrected chi connectivity index (χ1v) is 6.38. The van der Waals surface area contributed by atoms with Gasteiger partial charge in [0.05, 0.1) is 0 Å². The highest BCUT2D eigenvalue weighted by molar-refractivity contribution is 9.09. The van der Waals surface area contributed by atoms with E-state index >= 15 is 0 Å². The molecule has 0 nitrogen and oxygen atoms in total. The van der Waals surface area contributed by atoms with Gasteiger partial charge in [-0.05, 0) is 29.2 Å². The molecule has 0 spiro atoms. The molecule has 1 aliphatic carbocycles. The van der Waals surface area contributed by atoms with Gasteiger partial charge in [-0.1, -0.05) is 60.1 Å². The summed E-state index contributed by atoms with van der Waals surface area (Å²) in [4.78, 5) is 0. The van der Waals surface area contributed by atoms with Gasteiger partial charge in [-0.15, -0.1) is 0 Å². The molecule has 1 saturated carbocycles. The molecule has 0 N–H and O–H groups in total. The van der Waals surface area contributed by atoms with Gasteiger partial charge in [0, 0.05) is 5.33 Å². The molecule has 1 heteroatoms. The molecule has 0 amide bonds. The molecule has 2 atom stereocenters. The van der Waals surface area contributed by atoms with Crippen molar-refractivity contribution in [3.05, 3.63) is 35.9 Å². The molecule has 1 fully saturated rings. The highest BCUT2D eigenvalue weighted by atomic mass is 79.9. The van der Waals surface area contributed by atoms with Crippen LogP contribution in [-0.2, 0) is 0 Å². The number of benzene rings is 1. The summed E-state index contributed by atoms with van der Waals surface area (Å²) in [6.45, 7) is 4.71. The van der Waals surface area contributed by atoms with E-state index in [-0.39, 0.29) is 0 Å². The molecular formula is C13H17Br. The third kappa shape index (κ3) is 1.88. The Morgan fingerprint density at radius 3 is 2.50 bits per heavy atom. The van der Waals surface area contributed by atoms with Crippen LogP contribution in [0.5, 0.6) is 0 Å². The van der Waals surface area contributed by atoms with Crippen molar-refractivity contribution in [1.29, 1.82) is 0 Å². The Bertz CT molecular complexity index is 302. The highest BCUT2D eigenvalue weighted by Gasteiger charge is 2.47. The topological polar surface area (TPSA) is 0 Å². The third-order valence-electron chi connectivity index (χ3n) is 3.37. The zero-order chi connectivity index (χ0) is 10.2. The van der Waals surface area contributed by atoms with Crippen LogP contribution in [0.4, 0.5) is 0 Å². The van der Waals surface area contributed by atoms with Crippen molar-refractivity contribution in [3.63, 3.8) is 0 Å². The van der Waals surface area contributed by atoms with E-state index in [9.17, 15) is 0 Å². The van der Waals surface area contributed by atoms with E-state index in [0.717, 1.165) is 17.2 Å². The summed E-state index contributed by atoms with van der Waals surface area (Å²) in [6.07, 6.45) is 1.36. The van der Waals surface area contributed by atoms with Crippen LogP contribution >= 0.6 is 15.9 Å². The van der Waals surface area contributed by atoms with Crippen molar-refractivity contribution in [1.82, 2.24) is 0 Å². The van der Waals surface area contributed by atoms with Crippen molar-refractivity contribution in [2.24, 2.45) is 11.3 Å². The van der Waals surface area contributed by atoms with Gasteiger partial charge in [-0.25, -0.2) is 0 Å². The van der Waals surface area contributed by atoms with Crippen molar-refractivity contribution in [2.75, 3.05) is 5.33 Å². The molecule has 0 saturated heterocycles. The van der Waals surface area contributed by atoms with E-state index in [4.69, 9.17) is 0 Å². The monoisotopic (exact) mass is 252 g/mol. The fourth-order valence-corrected chi connectivity index (χ4v) is 2.64. The van der Waals surface area contributed by atoms with Crippen LogP contribution in [0, 0.1) is 11.3 Å². The van der Waals surface area contributed by atoms with Crippen molar-refractivity contribution >= 4 is 15.9 Å².